The van der Waals surface area contributed by atoms with Gasteiger partial charge in [0.05, 0.1) is 39.6 Å². The summed E-state index contributed by atoms with van der Waals surface area (Å²) < 4.78 is 83.6. The summed E-state index contributed by atoms with van der Waals surface area (Å²) in [7, 11) is -24.0. The van der Waals surface area contributed by atoms with Gasteiger partial charge in [0.2, 0.25) is 0 Å². The number of hydrogen-bond acceptors (Lipinski definition) is 34. The highest BCUT2D eigenvalue weighted by Crippen LogP contribution is 2.21. The van der Waals surface area contributed by atoms with Gasteiger partial charge in [0.1, 0.15) is 64.2 Å². The Hall–Kier alpha value is -1.73. The van der Waals surface area contributed by atoms with E-state index in [2.05, 4.69) is 4.74 Å². The summed E-state index contributed by atoms with van der Waals surface area (Å²) in [5, 5.41) is 36.5. The van der Waals surface area contributed by atoms with Crippen molar-refractivity contribution in [1.82, 2.24) is 0 Å². The highest BCUT2D eigenvalue weighted by molar-refractivity contribution is 6.86. The van der Waals surface area contributed by atoms with E-state index in [-0.39, 0.29) is 136 Å². The van der Waals surface area contributed by atoms with Crippen molar-refractivity contribution >= 4 is 127 Å². The van der Waals surface area contributed by atoms with Gasteiger partial charge in [-0.15, -0.1) is 0 Å². The smallest absolute Gasteiger partial charge is 0.437 e. The van der Waals surface area contributed by atoms with Crippen molar-refractivity contribution in [3.05, 3.63) is 0 Å². The number of carbonyl (C=O) groups excluding carboxylic acids is 8. The van der Waals surface area contributed by atoms with Crippen LogP contribution < -0.4 is 0 Å². The van der Waals surface area contributed by atoms with Gasteiger partial charge in [-0.3, -0.25) is 38.4 Å². The van der Waals surface area contributed by atoms with Gasteiger partial charge in [0.15, 0.2) is 75.2 Å². The molecule has 34 nitrogen and oxygen atoms in total. The molecule has 0 radical (unpaired) electrons. The van der Waals surface area contributed by atoms with Crippen LogP contribution in [-0.2, 0) is 110 Å². The molecule has 0 aliphatic heterocycles. The maximum atomic E-state index is 9.99. The molecule has 89 heavy (non-hydrogen) atoms. The standard InChI is InChI=1S/3C12H32O8Si3.C2H6O2.4C2H2O2/c3*1-7-16-10-17-8-12(13)9-18-11-23(14,15)20-22(5,6)19-21(2,3)4;1-4-2-3;4*3-1-2-4/h3*12-15H,7-11H2,1-6H3;3H,2H2,1H3;4*1-2H. The molecular formula is C46H110O34Si9. The average Bonchev–Trinajstić information content (AvgIpc) is 3.37. The number of aliphatic hydroxyl groups excluding tert-OH is 4. The largest absolute Gasteiger partial charge is 0.513 e. The van der Waals surface area contributed by atoms with Crippen molar-refractivity contribution < 1.29 is 160 Å². The topological polar surface area (TPSA) is 487 Å². The third-order valence-electron chi connectivity index (χ3n) is 7.08. The lowest BCUT2D eigenvalue weighted by Crippen LogP contribution is -2.57. The van der Waals surface area contributed by atoms with E-state index in [1.165, 1.54) is 7.11 Å². The van der Waals surface area contributed by atoms with Crippen LogP contribution in [0.4, 0.5) is 0 Å². The molecule has 0 heterocycles. The summed E-state index contributed by atoms with van der Waals surface area (Å²) in [6, 6.07) is 0. The van der Waals surface area contributed by atoms with Crippen molar-refractivity contribution in [2.24, 2.45) is 0 Å². The van der Waals surface area contributed by atoms with Gasteiger partial charge in [-0.25, -0.2) is 0 Å². The fraction of sp³-hybridized carbons (Fsp3) is 0.826. The van der Waals surface area contributed by atoms with Crippen LogP contribution >= 0.6 is 0 Å². The van der Waals surface area contributed by atoms with E-state index < -0.39 is 95.4 Å². The molecule has 0 amide bonds. The SMILES string of the molecule is CCOCOCC(O)COC[Si](O)(O)O[Si](C)(C)O[Si](C)(C)C.CCOCOCC(O)COC[Si](O)(O)O[Si](C)(C)O[Si](C)(C)C.CCOCOCC(O)COC[Si](O)(O)O[Si](C)(C)O[Si](C)(C)C.COCO.O=CC=O.O=CC=O.O=CC=O.O=CC=O. The molecule has 534 valence electrons. The van der Waals surface area contributed by atoms with Gasteiger partial charge >= 0.3 is 52.1 Å². The zero-order chi connectivity index (χ0) is 71.5. The minimum absolute atomic E-state index is 0.0469. The Labute approximate surface area is 534 Å². The molecule has 0 saturated heterocycles. The van der Waals surface area contributed by atoms with Gasteiger partial charge < -0.3 is 121 Å². The number of rotatable bonds is 44. The maximum absolute atomic E-state index is 9.99. The quantitative estimate of drug-likeness (QED) is 0.0107. The second-order valence-corrected chi connectivity index (χ2v) is 52.6. The Morgan fingerprint density at radius 3 is 0.618 bits per heavy atom. The molecule has 0 aromatic carbocycles. The summed E-state index contributed by atoms with van der Waals surface area (Å²) >= 11 is 0. The van der Waals surface area contributed by atoms with Gasteiger partial charge in [0.25, 0.3) is 0 Å². The van der Waals surface area contributed by atoms with E-state index in [4.69, 9.17) is 111 Å². The molecule has 0 bridgehead atoms. The second kappa shape index (κ2) is 61.2. The number of hydrogen-bond donors (Lipinski definition) is 10. The van der Waals surface area contributed by atoms with Crippen LogP contribution in [0.15, 0.2) is 0 Å². The molecule has 0 aliphatic carbocycles. The third-order valence-corrected chi connectivity index (χ3v) is 31.9. The van der Waals surface area contributed by atoms with E-state index in [9.17, 15) is 44.1 Å². The fourth-order valence-electron chi connectivity index (χ4n) is 5.65. The van der Waals surface area contributed by atoms with Crippen LogP contribution in [-0.4, -0.2) is 307 Å². The van der Waals surface area contributed by atoms with E-state index in [0.29, 0.717) is 19.8 Å². The first kappa shape index (κ1) is 103. The minimum atomic E-state index is -3.99. The fourth-order valence-corrected chi connectivity index (χ4v) is 36.3. The number of aldehydes is 8. The molecule has 3 unspecified atom stereocenters. The predicted octanol–water partition coefficient (Wildman–Crippen LogP) is -1.66. The Balaban J connectivity index is -0.000000159. The lowest BCUT2D eigenvalue weighted by Gasteiger charge is -2.34. The van der Waals surface area contributed by atoms with Gasteiger partial charge in [-0.2, -0.15) is 0 Å². The molecule has 0 aromatic rings. The Kier molecular flexibility index (Phi) is 71.0. The molecule has 0 aromatic heterocycles. The molecule has 0 fully saturated rings. The normalized spacial score (nSPS) is 12.9. The van der Waals surface area contributed by atoms with Crippen molar-refractivity contribution in [2.45, 2.75) is 137 Å². The molecule has 43 heteroatoms. The summed E-state index contributed by atoms with van der Waals surface area (Å²) in [6.45, 7) is 35.9. The number of ether oxygens (including phenoxy) is 10. The third kappa shape index (κ3) is 100. The van der Waals surface area contributed by atoms with Crippen molar-refractivity contribution in [1.29, 1.82) is 0 Å². The number of methoxy groups -OCH3 is 1. The van der Waals surface area contributed by atoms with Gasteiger partial charge in [0, 0.05) is 26.9 Å². The molecule has 0 rings (SSSR count). The maximum Gasteiger partial charge on any atom is 0.513 e. The molecule has 0 spiro atoms. The van der Waals surface area contributed by atoms with Crippen molar-refractivity contribution in [3.8, 4) is 0 Å². The predicted molar refractivity (Wildman–Crippen MR) is 340 cm³/mol. The van der Waals surface area contributed by atoms with Crippen LogP contribution in [0, 0.1) is 0 Å². The zero-order valence-electron chi connectivity index (χ0n) is 55.4. The molecule has 10 N–H and O–H groups in total. The highest BCUT2D eigenvalue weighted by Gasteiger charge is 2.46. The highest BCUT2D eigenvalue weighted by atomic mass is 28.5. The summed E-state index contributed by atoms with van der Waals surface area (Å²) in [5.74, 6) is 0. The minimum Gasteiger partial charge on any atom is -0.437 e. The molecular weight excluding hydrogens is 1350 g/mol. The summed E-state index contributed by atoms with van der Waals surface area (Å²) in [6.07, 6.45) is -2.14. The van der Waals surface area contributed by atoms with Crippen LogP contribution in [0.1, 0.15) is 20.8 Å². The molecule has 3 atom stereocenters. The first-order valence-corrected chi connectivity index (χ1v) is 51.8. The Morgan fingerprint density at radius 1 is 0.315 bits per heavy atom. The van der Waals surface area contributed by atoms with Gasteiger partial charge in [-0.05, 0) is 119 Å². The lowest BCUT2D eigenvalue weighted by atomic mass is 10.4. The lowest BCUT2D eigenvalue weighted by molar-refractivity contribution is -0.122. The van der Waals surface area contributed by atoms with E-state index in [1.807, 2.05) is 79.7 Å². The van der Waals surface area contributed by atoms with E-state index >= 15 is 0 Å². The van der Waals surface area contributed by atoms with Crippen LogP contribution in [0.2, 0.25) is 98.2 Å². The van der Waals surface area contributed by atoms with Crippen LogP contribution in [0.3, 0.4) is 0 Å². The summed E-state index contributed by atoms with van der Waals surface area (Å²) in [4.78, 5) is 130. The Morgan fingerprint density at radius 2 is 0.483 bits per heavy atom. The van der Waals surface area contributed by atoms with Crippen LogP contribution in [0.5, 0.6) is 0 Å². The average molecular weight is 1460 g/mol. The first-order valence-electron chi connectivity index (χ1n) is 27.1. The zero-order valence-corrected chi connectivity index (χ0v) is 64.4. The van der Waals surface area contributed by atoms with Gasteiger partial charge in [-0.1, -0.05) is 0 Å². The number of carbonyl (C=O) groups is 8. The monoisotopic (exact) mass is 1460 g/mol. The van der Waals surface area contributed by atoms with E-state index in [1.54, 1.807) is 39.3 Å². The van der Waals surface area contributed by atoms with Crippen molar-refractivity contribution in [3.63, 3.8) is 0 Å². The van der Waals surface area contributed by atoms with E-state index in [0.717, 1.165) is 0 Å². The number of aliphatic hydroxyl groups is 4. The molecule has 0 saturated carbocycles. The molecule has 0 aliphatic rings. The van der Waals surface area contributed by atoms with Crippen molar-refractivity contribution in [2.75, 3.05) is 112 Å². The Bertz CT molecular complexity index is 1470. The summed E-state index contributed by atoms with van der Waals surface area (Å²) in [5.41, 5.74) is 0. The first-order chi connectivity index (χ1) is 40.7. The van der Waals surface area contributed by atoms with Crippen LogP contribution in [0.25, 0.3) is 0 Å². The second-order valence-electron chi connectivity index (χ2n) is 21.3.